The van der Waals surface area contributed by atoms with Crippen molar-refractivity contribution in [2.24, 2.45) is 0 Å². The van der Waals surface area contributed by atoms with Crippen molar-refractivity contribution in [1.29, 1.82) is 0 Å². The second-order valence-corrected chi connectivity index (χ2v) is 9.16. The average molecular weight is 437 g/mol. The fourth-order valence-electron chi connectivity index (χ4n) is 5.37. The highest BCUT2D eigenvalue weighted by Crippen LogP contribution is 2.47. The molecule has 6 rings (SSSR count). The van der Waals surface area contributed by atoms with Gasteiger partial charge in [-0.1, -0.05) is 48.7 Å². The van der Waals surface area contributed by atoms with Crippen LogP contribution in [-0.4, -0.2) is 34.9 Å². The van der Waals surface area contributed by atoms with Crippen molar-refractivity contribution >= 4 is 11.6 Å². The highest BCUT2D eigenvalue weighted by Gasteiger charge is 2.53. The van der Waals surface area contributed by atoms with Gasteiger partial charge in [0.15, 0.2) is 5.79 Å². The summed E-state index contributed by atoms with van der Waals surface area (Å²) >= 11 is 6.18. The molecule has 2 aliphatic carbocycles. The zero-order valence-electron chi connectivity index (χ0n) is 17.5. The Bertz CT molecular complexity index is 1110. The number of fused-ring (bicyclic) bond motifs is 2. The molecular formula is C25H25ClN2O3. The minimum Gasteiger partial charge on any atom is -0.494 e. The summed E-state index contributed by atoms with van der Waals surface area (Å²) in [6, 6.07) is 15.9. The first-order valence-corrected chi connectivity index (χ1v) is 11.4. The van der Waals surface area contributed by atoms with Gasteiger partial charge in [-0.25, -0.2) is 4.68 Å². The predicted octanol–water partition coefficient (Wildman–Crippen LogP) is 5.35. The molecule has 0 N–H and O–H groups in total. The van der Waals surface area contributed by atoms with Crippen molar-refractivity contribution in [1.82, 2.24) is 9.78 Å². The van der Waals surface area contributed by atoms with Crippen LogP contribution in [0.15, 0.2) is 48.5 Å². The minimum absolute atomic E-state index is 0.220. The Hall–Kier alpha value is -2.34. The summed E-state index contributed by atoms with van der Waals surface area (Å²) in [5.41, 5.74) is 5.26. The monoisotopic (exact) mass is 436 g/mol. The third-order valence-corrected chi connectivity index (χ3v) is 7.01. The van der Waals surface area contributed by atoms with Gasteiger partial charge in [0.05, 0.1) is 30.7 Å². The molecule has 1 spiro atoms. The van der Waals surface area contributed by atoms with E-state index in [-0.39, 0.29) is 12.2 Å². The number of halogens is 1. The van der Waals surface area contributed by atoms with Crippen LogP contribution in [0.1, 0.15) is 36.9 Å². The Morgan fingerprint density at radius 2 is 1.71 bits per heavy atom. The molecule has 1 unspecified atom stereocenters. The summed E-state index contributed by atoms with van der Waals surface area (Å²) in [5, 5.41) is 5.76. The van der Waals surface area contributed by atoms with E-state index in [1.807, 2.05) is 53.2 Å². The second-order valence-electron chi connectivity index (χ2n) is 8.73. The van der Waals surface area contributed by atoms with Crippen molar-refractivity contribution in [3.63, 3.8) is 0 Å². The molecule has 2 fully saturated rings. The first kappa shape index (κ1) is 19.4. The van der Waals surface area contributed by atoms with Crippen molar-refractivity contribution < 1.29 is 14.2 Å². The molecule has 1 saturated carbocycles. The Kier molecular flexibility index (Phi) is 4.60. The Labute approximate surface area is 186 Å². The van der Waals surface area contributed by atoms with Gasteiger partial charge >= 0.3 is 0 Å². The molecule has 31 heavy (non-hydrogen) atoms. The van der Waals surface area contributed by atoms with Gasteiger partial charge in [-0.3, -0.25) is 0 Å². The van der Waals surface area contributed by atoms with Crippen LogP contribution in [0.2, 0.25) is 5.02 Å². The molecule has 1 saturated heterocycles. The molecule has 1 aliphatic heterocycles. The molecule has 0 radical (unpaired) electrons. The van der Waals surface area contributed by atoms with E-state index in [1.54, 1.807) is 7.11 Å². The highest BCUT2D eigenvalue weighted by atomic mass is 35.5. The smallest absolute Gasteiger partial charge is 0.178 e. The van der Waals surface area contributed by atoms with Crippen LogP contribution in [0.25, 0.3) is 16.9 Å². The fraction of sp³-hybridized carbons (Fsp3) is 0.400. The van der Waals surface area contributed by atoms with Crippen LogP contribution in [0.5, 0.6) is 5.75 Å². The number of hydrogen-bond acceptors (Lipinski definition) is 4. The van der Waals surface area contributed by atoms with E-state index in [1.165, 1.54) is 18.4 Å². The lowest BCUT2D eigenvalue weighted by molar-refractivity contribution is -0.166. The molecule has 3 aliphatic rings. The maximum absolute atomic E-state index is 6.54. The second kappa shape index (κ2) is 7.37. The number of nitrogens with zero attached hydrogens (tertiary/aromatic N) is 2. The van der Waals surface area contributed by atoms with E-state index in [0.29, 0.717) is 17.9 Å². The van der Waals surface area contributed by atoms with Crippen LogP contribution >= 0.6 is 11.6 Å². The Morgan fingerprint density at radius 1 is 1.00 bits per heavy atom. The molecule has 6 heteroatoms. The molecule has 2 heterocycles. The SMILES string of the molecule is COc1ccccc1-n1nc2c(c1-c1ccc(Cl)cc1)CC1(C2)O[C@H]2CCCC[C@H]2O1. The minimum atomic E-state index is -0.571. The molecule has 0 bridgehead atoms. The zero-order chi connectivity index (χ0) is 21.0. The van der Waals surface area contributed by atoms with E-state index < -0.39 is 5.79 Å². The lowest BCUT2D eigenvalue weighted by Crippen LogP contribution is -2.32. The van der Waals surface area contributed by atoms with Crippen LogP contribution in [0, 0.1) is 0 Å². The third-order valence-electron chi connectivity index (χ3n) is 6.75. The summed E-state index contributed by atoms with van der Waals surface area (Å²) in [7, 11) is 1.69. The van der Waals surface area contributed by atoms with Crippen LogP contribution in [0.4, 0.5) is 0 Å². The zero-order valence-corrected chi connectivity index (χ0v) is 18.3. The summed E-state index contributed by atoms with van der Waals surface area (Å²) in [5.74, 6) is 0.214. The molecule has 160 valence electrons. The lowest BCUT2D eigenvalue weighted by Gasteiger charge is -2.23. The van der Waals surface area contributed by atoms with E-state index >= 15 is 0 Å². The number of ether oxygens (including phenoxy) is 3. The molecule has 3 atom stereocenters. The maximum atomic E-state index is 6.54. The van der Waals surface area contributed by atoms with Gasteiger partial charge in [0.25, 0.3) is 0 Å². The first-order valence-electron chi connectivity index (χ1n) is 11.0. The number of methoxy groups -OCH3 is 1. The molecular weight excluding hydrogens is 412 g/mol. The largest absolute Gasteiger partial charge is 0.494 e. The summed E-state index contributed by atoms with van der Waals surface area (Å²) < 4.78 is 20.7. The quantitative estimate of drug-likeness (QED) is 0.555. The Balaban J connectivity index is 1.46. The predicted molar refractivity (Wildman–Crippen MR) is 119 cm³/mol. The van der Waals surface area contributed by atoms with Crippen molar-refractivity contribution in [2.75, 3.05) is 7.11 Å². The normalized spacial score (nSPS) is 26.8. The van der Waals surface area contributed by atoms with Crippen molar-refractivity contribution in [3.8, 4) is 22.7 Å². The number of para-hydroxylation sites is 2. The van der Waals surface area contributed by atoms with Crippen molar-refractivity contribution in [2.45, 2.75) is 56.5 Å². The van der Waals surface area contributed by atoms with E-state index in [0.717, 1.165) is 41.2 Å². The lowest BCUT2D eigenvalue weighted by atomic mass is 9.95. The number of rotatable bonds is 3. The van der Waals surface area contributed by atoms with E-state index in [9.17, 15) is 0 Å². The van der Waals surface area contributed by atoms with E-state index in [2.05, 4.69) is 0 Å². The van der Waals surface area contributed by atoms with Gasteiger partial charge in [0, 0.05) is 29.0 Å². The summed E-state index contributed by atoms with van der Waals surface area (Å²) in [4.78, 5) is 0. The van der Waals surface area contributed by atoms with Crippen molar-refractivity contribution in [3.05, 3.63) is 64.8 Å². The molecule has 5 nitrogen and oxygen atoms in total. The Morgan fingerprint density at radius 3 is 2.42 bits per heavy atom. The van der Waals surface area contributed by atoms with Gasteiger partial charge in [0.1, 0.15) is 11.4 Å². The van der Waals surface area contributed by atoms with Gasteiger partial charge in [0.2, 0.25) is 0 Å². The molecule has 3 aromatic rings. The highest BCUT2D eigenvalue weighted by molar-refractivity contribution is 6.30. The van der Waals surface area contributed by atoms with E-state index in [4.69, 9.17) is 30.9 Å². The van der Waals surface area contributed by atoms with Crippen LogP contribution in [0.3, 0.4) is 0 Å². The topological polar surface area (TPSA) is 45.5 Å². The number of benzene rings is 2. The summed E-state index contributed by atoms with van der Waals surface area (Å²) in [6.07, 6.45) is 6.46. The van der Waals surface area contributed by atoms with Gasteiger partial charge in [-0.2, -0.15) is 5.10 Å². The van der Waals surface area contributed by atoms with Crippen LogP contribution < -0.4 is 4.74 Å². The summed E-state index contributed by atoms with van der Waals surface area (Å²) in [6.45, 7) is 0. The maximum Gasteiger partial charge on any atom is 0.178 e. The molecule has 2 aromatic carbocycles. The standard InChI is InChI=1S/C25H25ClN2O3/c1-29-21-7-3-2-6-20(21)28-24(16-10-12-17(26)13-11-16)18-14-25(15-19(18)27-28)30-22-8-4-5-9-23(22)31-25/h2-3,6-7,10-13,22-23H,4-5,8-9,14-15H2,1H3/t22-,23+,25?. The molecule has 1 aromatic heterocycles. The first-order chi connectivity index (χ1) is 15.2. The van der Waals surface area contributed by atoms with Gasteiger partial charge < -0.3 is 14.2 Å². The van der Waals surface area contributed by atoms with Gasteiger partial charge in [-0.05, 0) is 37.1 Å². The number of hydrogen-bond donors (Lipinski definition) is 0. The van der Waals surface area contributed by atoms with Gasteiger partial charge in [-0.15, -0.1) is 0 Å². The number of aromatic nitrogens is 2. The fourth-order valence-corrected chi connectivity index (χ4v) is 5.50. The average Bonchev–Trinajstić information content (AvgIpc) is 3.43. The third kappa shape index (κ3) is 3.18. The molecule has 0 amide bonds. The van der Waals surface area contributed by atoms with Crippen LogP contribution in [-0.2, 0) is 22.3 Å².